The number of rotatable bonds is 12. The van der Waals surface area contributed by atoms with E-state index < -0.39 is 10.0 Å². The lowest BCUT2D eigenvalue weighted by Crippen LogP contribution is -2.54. The maximum absolute atomic E-state index is 12.4. The lowest BCUT2D eigenvalue weighted by molar-refractivity contribution is 0.0904. The summed E-state index contributed by atoms with van der Waals surface area (Å²) < 4.78 is 37.3. The van der Waals surface area contributed by atoms with Gasteiger partial charge in [0, 0.05) is 53.0 Å². The number of piperazine rings is 1. The Labute approximate surface area is 188 Å². The molecule has 0 aromatic carbocycles. The standard InChI is InChI=1S/C18H38N4O4S.HI/c1-5-6-13-25-14-7-8-20-18(19-4)21-9-11-22(12-10-21)27(23,24)16-15-26-17(2)3;/h17H,5-16H2,1-4H3,(H,19,20);1H. The fourth-order valence-corrected chi connectivity index (χ4v) is 4.04. The van der Waals surface area contributed by atoms with Crippen LogP contribution >= 0.6 is 24.0 Å². The number of nitrogens with one attached hydrogen (secondary N) is 1. The Morgan fingerprint density at radius 1 is 1.11 bits per heavy atom. The Bertz CT molecular complexity index is 524. The highest BCUT2D eigenvalue weighted by Gasteiger charge is 2.27. The second-order valence-corrected chi connectivity index (χ2v) is 9.00. The van der Waals surface area contributed by atoms with Crippen LogP contribution in [0.2, 0.25) is 0 Å². The van der Waals surface area contributed by atoms with Gasteiger partial charge >= 0.3 is 0 Å². The van der Waals surface area contributed by atoms with Gasteiger partial charge in [0.1, 0.15) is 0 Å². The third-order valence-electron chi connectivity index (χ3n) is 4.33. The van der Waals surface area contributed by atoms with E-state index >= 15 is 0 Å². The molecule has 0 aromatic heterocycles. The molecule has 1 saturated heterocycles. The van der Waals surface area contributed by atoms with Gasteiger partial charge < -0.3 is 19.7 Å². The van der Waals surface area contributed by atoms with Crippen molar-refractivity contribution in [2.45, 2.75) is 46.1 Å². The summed E-state index contributed by atoms with van der Waals surface area (Å²) in [5.74, 6) is 0.861. The summed E-state index contributed by atoms with van der Waals surface area (Å²) in [5, 5.41) is 3.34. The molecule has 0 radical (unpaired) electrons. The topological polar surface area (TPSA) is 83.5 Å². The summed E-state index contributed by atoms with van der Waals surface area (Å²) in [4.78, 5) is 6.42. The SMILES string of the molecule is CCCCOCCCNC(=NC)N1CCN(S(=O)(=O)CCOC(C)C)CC1.I. The lowest BCUT2D eigenvalue weighted by atomic mass is 10.3. The minimum Gasteiger partial charge on any atom is -0.381 e. The molecule has 8 nitrogen and oxygen atoms in total. The van der Waals surface area contributed by atoms with Crippen LogP contribution in [-0.4, -0.2) is 95.0 Å². The summed E-state index contributed by atoms with van der Waals surface area (Å²) in [5.41, 5.74) is 0. The molecule has 0 aliphatic carbocycles. The first-order chi connectivity index (χ1) is 12.9. The lowest BCUT2D eigenvalue weighted by Gasteiger charge is -2.35. The minimum atomic E-state index is -3.26. The van der Waals surface area contributed by atoms with Gasteiger partial charge in [-0.05, 0) is 26.7 Å². The molecule has 0 amide bonds. The van der Waals surface area contributed by atoms with Crippen LogP contribution in [0.3, 0.4) is 0 Å². The van der Waals surface area contributed by atoms with E-state index in [0.717, 1.165) is 45.0 Å². The van der Waals surface area contributed by atoms with Gasteiger partial charge in [-0.1, -0.05) is 13.3 Å². The molecule has 1 rings (SSSR count). The molecule has 1 heterocycles. The van der Waals surface area contributed by atoms with Crippen molar-refractivity contribution in [1.82, 2.24) is 14.5 Å². The van der Waals surface area contributed by atoms with E-state index in [2.05, 4.69) is 22.1 Å². The number of guanidine groups is 1. The number of ether oxygens (including phenoxy) is 2. The number of hydrogen-bond acceptors (Lipinski definition) is 5. The fraction of sp³-hybridized carbons (Fsp3) is 0.944. The Balaban J connectivity index is 0.00000729. The van der Waals surface area contributed by atoms with Crippen LogP contribution in [0.5, 0.6) is 0 Å². The Kier molecular flexibility index (Phi) is 15.5. The molecule has 0 aromatic rings. The third kappa shape index (κ3) is 11.1. The summed E-state index contributed by atoms with van der Waals surface area (Å²) in [7, 11) is -1.51. The predicted octanol–water partition coefficient (Wildman–Crippen LogP) is 1.76. The van der Waals surface area contributed by atoms with Crippen molar-refractivity contribution in [3.05, 3.63) is 0 Å². The van der Waals surface area contributed by atoms with Gasteiger partial charge in [0.15, 0.2) is 5.96 Å². The molecule has 1 fully saturated rings. The van der Waals surface area contributed by atoms with Gasteiger partial charge in [0.25, 0.3) is 0 Å². The van der Waals surface area contributed by atoms with Gasteiger partial charge in [-0.25, -0.2) is 8.42 Å². The van der Waals surface area contributed by atoms with Crippen molar-refractivity contribution in [1.29, 1.82) is 0 Å². The summed E-state index contributed by atoms with van der Waals surface area (Å²) in [6.45, 7) is 10.8. The molecule has 1 aliphatic rings. The molecule has 0 bridgehead atoms. The first-order valence-corrected chi connectivity index (χ1v) is 11.6. The largest absolute Gasteiger partial charge is 0.381 e. The smallest absolute Gasteiger partial charge is 0.216 e. The molecule has 1 aliphatic heterocycles. The molecular weight excluding hydrogens is 495 g/mol. The molecule has 1 N–H and O–H groups in total. The molecule has 28 heavy (non-hydrogen) atoms. The van der Waals surface area contributed by atoms with Crippen LogP contribution in [0.4, 0.5) is 0 Å². The molecule has 0 unspecified atom stereocenters. The number of halogens is 1. The number of hydrogen-bond donors (Lipinski definition) is 1. The van der Waals surface area contributed by atoms with Crippen molar-refractivity contribution in [2.24, 2.45) is 4.99 Å². The highest BCUT2D eigenvalue weighted by atomic mass is 127. The molecule has 168 valence electrons. The average Bonchev–Trinajstić information content (AvgIpc) is 2.64. The van der Waals surface area contributed by atoms with Crippen molar-refractivity contribution < 1.29 is 17.9 Å². The highest BCUT2D eigenvalue weighted by molar-refractivity contribution is 14.0. The Morgan fingerprint density at radius 3 is 2.32 bits per heavy atom. The van der Waals surface area contributed by atoms with Crippen molar-refractivity contribution >= 4 is 40.0 Å². The molecule has 0 atom stereocenters. The van der Waals surface area contributed by atoms with Crippen molar-refractivity contribution in [3.63, 3.8) is 0 Å². The van der Waals surface area contributed by atoms with Gasteiger partial charge in [0.2, 0.25) is 10.0 Å². The second kappa shape index (κ2) is 15.6. The number of sulfonamides is 1. The minimum absolute atomic E-state index is 0. The number of aliphatic imine (C=N–C) groups is 1. The van der Waals surface area contributed by atoms with E-state index in [0.29, 0.717) is 26.2 Å². The predicted molar refractivity (Wildman–Crippen MR) is 125 cm³/mol. The summed E-state index contributed by atoms with van der Waals surface area (Å²) >= 11 is 0. The van der Waals surface area contributed by atoms with Crippen molar-refractivity contribution in [3.8, 4) is 0 Å². The monoisotopic (exact) mass is 534 g/mol. The quantitative estimate of drug-likeness (QED) is 0.178. The average molecular weight is 535 g/mol. The van der Waals surface area contributed by atoms with E-state index in [-0.39, 0.29) is 42.4 Å². The van der Waals surface area contributed by atoms with Gasteiger partial charge in [-0.2, -0.15) is 4.31 Å². The van der Waals surface area contributed by atoms with Crippen LogP contribution in [0.15, 0.2) is 4.99 Å². The van der Waals surface area contributed by atoms with Gasteiger partial charge in [-0.3, -0.25) is 4.99 Å². The zero-order valence-electron chi connectivity index (χ0n) is 17.9. The van der Waals surface area contributed by atoms with E-state index in [1.165, 1.54) is 0 Å². The highest BCUT2D eigenvalue weighted by Crippen LogP contribution is 2.09. The maximum atomic E-state index is 12.4. The maximum Gasteiger partial charge on any atom is 0.216 e. The number of unbranched alkanes of at least 4 members (excludes halogenated alkanes) is 1. The van der Waals surface area contributed by atoms with Crippen molar-refractivity contribution in [2.75, 3.05) is 65.3 Å². The molecule has 0 saturated carbocycles. The van der Waals surface area contributed by atoms with Gasteiger partial charge in [0.05, 0.1) is 18.5 Å². The first kappa shape index (κ1) is 27.8. The molecular formula is C18H39IN4O4S. The first-order valence-electron chi connectivity index (χ1n) is 10.0. The van der Waals surface area contributed by atoms with Gasteiger partial charge in [-0.15, -0.1) is 24.0 Å². The second-order valence-electron chi connectivity index (χ2n) is 6.92. The number of nitrogens with zero attached hydrogens (tertiary/aromatic N) is 3. The zero-order chi connectivity index (χ0) is 20.1. The van der Waals surface area contributed by atoms with E-state index in [1.807, 2.05) is 13.8 Å². The van der Waals surface area contributed by atoms with Crippen LogP contribution < -0.4 is 5.32 Å². The van der Waals surface area contributed by atoms with E-state index in [1.54, 1.807) is 11.4 Å². The molecule has 0 spiro atoms. The fourth-order valence-electron chi connectivity index (χ4n) is 2.75. The third-order valence-corrected chi connectivity index (χ3v) is 6.16. The van der Waals surface area contributed by atoms with Crippen LogP contribution in [0.1, 0.15) is 40.0 Å². The summed E-state index contributed by atoms with van der Waals surface area (Å²) in [6, 6.07) is 0. The van der Waals surface area contributed by atoms with Crippen LogP contribution in [0.25, 0.3) is 0 Å². The Morgan fingerprint density at radius 2 is 1.75 bits per heavy atom. The van der Waals surface area contributed by atoms with E-state index in [4.69, 9.17) is 9.47 Å². The Hall–Kier alpha value is -0.170. The van der Waals surface area contributed by atoms with Crippen LogP contribution in [0, 0.1) is 0 Å². The normalized spacial score (nSPS) is 16.3. The summed E-state index contributed by atoms with van der Waals surface area (Å²) in [6.07, 6.45) is 3.22. The van der Waals surface area contributed by atoms with E-state index in [9.17, 15) is 8.42 Å². The zero-order valence-corrected chi connectivity index (χ0v) is 21.0. The van der Waals surface area contributed by atoms with Crippen LogP contribution in [-0.2, 0) is 19.5 Å². The molecule has 10 heteroatoms.